The molecule has 3 rings (SSSR count). The zero-order chi connectivity index (χ0) is 21.1. The Balaban J connectivity index is 2.06. The average molecular weight is 417 g/mol. The first-order valence-corrected chi connectivity index (χ1v) is 9.54. The highest BCUT2D eigenvalue weighted by Crippen LogP contribution is 2.32. The van der Waals surface area contributed by atoms with E-state index in [9.17, 15) is 19.2 Å². The summed E-state index contributed by atoms with van der Waals surface area (Å²) in [5.41, 5.74) is 5.46. The van der Waals surface area contributed by atoms with Crippen molar-refractivity contribution in [3.63, 3.8) is 0 Å². The van der Waals surface area contributed by atoms with Crippen molar-refractivity contribution in [2.75, 3.05) is 19.5 Å². The standard InChI is InChI=1S/C19H19N3O6S/c1-3-28-13(24)8-12(23)16-15(20)14-17(25)21-19(26)22(18(14)29-16)9-10-4-6-11(27-2)7-5-10/h4-7H,3,8-9,20H2,1-2H3,(H,21,25,26). The van der Waals surface area contributed by atoms with Crippen molar-refractivity contribution in [3.05, 3.63) is 55.5 Å². The van der Waals surface area contributed by atoms with Crippen molar-refractivity contribution < 1.29 is 19.1 Å². The van der Waals surface area contributed by atoms with Gasteiger partial charge in [-0.05, 0) is 24.6 Å². The van der Waals surface area contributed by atoms with Crippen LogP contribution in [0.15, 0.2) is 33.9 Å². The van der Waals surface area contributed by atoms with E-state index in [0.717, 1.165) is 16.9 Å². The minimum absolute atomic E-state index is 0.0487. The molecule has 0 saturated heterocycles. The minimum atomic E-state index is -0.682. The van der Waals surface area contributed by atoms with Gasteiger partial charge in [-0.15, -0.1) is 11.3 Å². The number of aromatic amines is 1. The number of esters is 1. The number of rotatable bonds is 7. The van der Waals surface area contributed by atoms with Crippen LogP contribution in [0, 0.1) is 0 Å². The molecule has 3 N–H and O–H groups in total. The normalized spacial score (nSPS) is 10.8. The van der Waals surface area contributed by atoms with E-state index in [1.807, 2.05) is 0 Å². The van der Waals surface area contributed by atoms with Crippen LogP contribution in [0.3, 0.4) is 0 Å². The summed E-state index contributed by atoms with van der Waals surface area (Å²) in [6.07, 6.45) is -0.495. The number of benzene rings is 1. The third-order valence-electron chi connectivity index (χ3n) is 4.23. The Labute approximate surface area is 168 Å². The predicted molar refractivity (Wildman–Crippen MR) is 109 cm³/mol. The fourth-order valence-electron chi connectivity index (χ4n) is 2.85. The van der Waals surface area contributed by atoms with Crippen LogP contribution in [-0.4, -0.2) is 35.0 Å². The summed E-state index contributed by atoms with van der Waals surface area (Å²) in [4.78, 5) is 51.4. The van der Waals surface area contributed by atoms with E-state index in [1.165, 1.54) is 4.57 Å². The second-order valence-electron chi connectivity index (χ2n) is 6.12. The summed E-state index contributed by atoms with van der Waals surface area (Å²) in [5.74, 6) is -0.580. The van der Waals surface area contributed by atoms with Crippen LogP contribution in [0.1, 0.15) is 28.6 Å². The molecule has 0 unspecified atom stereocenters. The molecule has 3 aromatic rings. The molecular formula is C19H19N3O6S. The molecule has 0 amide bonds. The summed E-state index contributed by atoms with van der Waals surface area (Å²) in [6, 6.07) is 7.07. The van der Waals surface area contributed by atoms with Gasteiger partial charge in [-0.25, -0.2) is 4.79 Å². The summed E-state index contributed by atoms with van der Waals surface area (Å²) in [7, 11) is 1.55. The Morgan fingerprint density at radius 3 is 2.52 bits per heavy atom. The number of carbonyl (C=O) groups excluding carboxylic acids is 2. The fourth-order valence-corrected chi connectivity index (χ4v) is 4.00. The number of carbonyl (C=O) groups is 2. The fraction of sp³-hybridized carbons (Fsp3) is 0.263. The minimum Gasteiger partial charge on any atom is -0.497 e. The lowest BCUT2D eigenvalue weighted by atomic mass is 10.2. The topological polar surface area (TPSA) is 133 Å². The van der Waals surface area contributed by atoms with Crippen LogP contribution in [0.25, 0.3) is 10.2 Å². The number of ketones is 1. The first-order chi connectivity index (χ1) is 13.8. The Hall–Kier alpha value is -3.40. The van der Waals surface area contributed by atoms with Crippen molar-refractivity contribution in [1.29, 1.82) is 0 Å². The van der Waals surface area contributed by atoms with Gasteiger partial charge in [0.1, 0.15) is 17.0 Å². The maximum atomic E-state index is 12.5. The van der Waals surface area contributed by atoms with E-state index in [4.69, 9.17) is 15.2 Å². The number of hydrogen-bond acceptors (Lipinski definition) is 8. The quantitative estimate of drug-likeness (QED) is 0.338. The third-order valence-corrected chi connectivity index (χ3v) is 5.50. The van der Waals surface area contributed by atoms with Crippen LogP contribution in [0.4, 0.5) is 5.69 Å². The van der Waals surface area contributed by atoms with Crippen LogP contribution >= 0.6 is 11.3 Å². The lowest BCUT2D eigenvalue weighted by molar-refractivity contribution is -0.141. The number of fused-ring (bicyclic) bond motifs is 1. The lowest BCUT2D eigenvalue weighted by Gasteiger charge is -2.07. The number of Topliss-reactive ketones (excluding diaryl/α,β-unsaturated/α-hetero) is 1. The maximum absolute atomic E-state index is 12.5. The van der Waals surface area contributed by atoms with Crippen molar-refractivity contribution in [2.45, 2.75) is 19.9 Å². The molecular weight excluding hydrogens is 398 g/mol. The van der Waals surface area contributed by atoms with Crippen molar-refractivity contribution >= 4 is 39.0 Å². The number of aromatic nitrogens is 2. The molecule has 0 aliphatic carbocycles. The zero-order valence-electron chi connectivity index (χ0n) is 15.8. The Morgan fingerprint density at radius 2 is 1.90 bits per heavy atom. The van der Waals surface area contributed by atoms with E-state index in [2.05, 4.69) is 4.98 Å². The van der Waals surface area contributed by atoms with Crippen LogP contribution < -0.4 is 21.7 Å². The largest absolute Gasteiger partial charge is 0.497 e. The van der Waals surface area contributed by atoms with Gasteiger partial charge in [-0.2, -0.15) is 0 Å². The van der Waals surface area contributed by atoms with Crippen LogP contribution in [0.5, 0.6) is 5.75 Å². The van der Waals surface area contributed by atoms with Crippen molar-refractivity contribution in [1.82, 2.24) is 9.55 Å². The Bertz CT molecular complexity index is 1190. The highest BCUT2D eigenvalue weighted by molar-refractivity contribution is 7.21. The van der Waals surface area contributed by atoms with Crippen LogP contribution in [0.2, 0.25) is 0 Å². The van der Waals surface area contributed by atoms with Gasteiger partial charge < -0.3 is 15.2 Å². The van der Waals surface area contributed by atoms with Gasteiger partial charge in [0.2, 0.25) is 0 Å². The number of ether oxygens (including phenoxy) is 2. The van der Waals surface area contributed by atoms with E-state index >= 15 is 0 Å². The predicted octanol–water partition coefficient (Wildman–Crippen LogP) is 1.53. The van der Waals surface area contributed by atoms with Crippen molar-refractivity contribution in [3.8, 4) is 5.75 Å². The molecule has 2 heterocycles. The molecule has 0 spiro atoms. The van der Waals surface area contributed by atoms with Gasteiger partial charge in [0.15, 0.2) is 5.78 Å². The number of nitrogens with zero attached hydrogens (tertiary/aromatic N) is 1. The SMILES string of the molecule is CCOC(=O)CC(=O)c1sc2c(c1N)c(=O)[nH]c(=O)n2Cc1ccc(OC)cc1. The number of thiophene rings is 1. The molecule has 0 atom stereocenters. The van der Waals surface area contributed by atoms with E-state index in [1.54, 1.807) is 38.3 Å². The summed E-state index contributed by atoms with van der Waals surface area (Å²) < 4.78 is 11.2. The molecule has 0 aliphatic heterocycles. The second kappa shape index (κ2) is 8.31. The molecule has 0 saturated carbocycles. The number of methoxy groups -OCH3 is 1. The third kappa shape index (κ3) is 4.06. The zero-order valence-corrected chi connectivity index (χ0v) is 16.6. The van der Waals surface area contributed by atoms with E-state index in [-0.39, 0.29) is 33.9 Å². The van der Waals surface area contributed by atoms with Crippen LogP contribution in [-0.2, 0) is 16.1 Å². The molecule has 0 aliphatic rings. The number of anilines is 1. The van der Waals surface area contributed by atoms with Crippen molar-refractivity contribution in [2.24, 2.45) is 0 Å². The number of H-pyrrole nitrogens is 1. The molecule has 2 aromatic heterocycles. The molecule has 0 bridgehead atoms. The maximum Gasteiger partial charge on any atom is 0.329 e. The smallest absolute Gasteiger partial charge is 0.329 e. The molecule has 9 nitrogen and oxygen atoms in total. The van der Waals surface area contributed by atoms with Gasteiger partial charge in [0.25, 0.3) is 5.56 Å². The highest BCUT2D eigenvalue weighted by Gasteiger charge is 2.23. The first-order valence-electron chi connectivity index (χ1n) is 8.72. The second-order valence-corrected chi connectivity index (χ2v) is 7.12. The molecule has 1 aromatic carbocycles. The molecule has 0 radical (unpaired) electrons. The van der Waals surface area contributed by atoms with Gasteiger partial charge in [0, 0.05) is 0 Å². The Kier molecular flexibility index (Phi) is 5.83. The molecule has 29 heavy (non-hydrogen) atoms. The van der Waals surface area contributed by atoms with E-state index < -0.39 is 29.4 Å². The number of nitrogens with one attached hydrogen (secondary N) is 1. The lowest BCUT2D eigenvalue weighted by Crippen LogP contribution is -2.30. The van der Waals surface area contributed by atoms with E-state index in [0.29, 0.717) is 5.75 Å². The molecule has 152 valence electrons. The van der Waals surface area contributed by atoms with Gasteiger partial charge in [0.05, 0.1) is 36.2 Å². The summed E-state index contributed by atoms with van der Waals surface area (Å²) in [5, 5.41) is 0.0512. The Morgan fingerprint density at radius 1 is 1.21 bits per heavy atom. The number of nitrogen functional groups attached to an aromatic ring is 1. The van der Waals surface area contributed by atoms with Gasteiger partial charge in [-0.1, -0.05) is 12.1 Å². The van der Waals surface area contributed by atoms with Gasteiger partial charge in [-0.3, -0.25) is 23.9 Å². The average Bonchev–Trinajstić information content (AvgIpc) is 3.03. The highest BCUT2D eigenvalue weighted by atomic mass is 32.1. The molecule has 10 heteroatoms. The number of nitrogens with two attached hydrogens (primary N) is 1. The summed E-state index contributed by atoms with van der Waals surface area (Å²) >= 11 is 0.910. The first kappa shape index (κ1) is 20.3. The molecule has 0 fully saturated rings. The number of hydrogen-bond donors (Lipinski definition) is 2. The van der Waals surface area contributed by atoms with Gasteiger partial charge >= 0.3 is 11.7 Å². The monoisotopic (exact) mass is 417 g/mol. The summed E-state index contributed by atoms with van der Waals surface area (Å²) in [6.45, 7) is 1.93.